The van der Waals surface area contributed by atoms with Crippen molar-refractivity contribution in [2.75, 3.05) is 7.11 Å². The van der Waals surface area contributed by atoms with Gasteiger partial charge in [0, 0.05) is 13.5 Å². The van der Waals surface area contributed by atoms with E-state index in [0.717, 1.165) is 19.2 Å². The number of hydrogen-bond acceptors (Lipinski definition) is 1. The first-order chi connectivity index (χ1) is 11.5. The van der Waals surface area contributed by atoms with Gasteiger partial charge in [0.2, 0.25) is 0 Å². The Kier molecular flexibility index (Phi) is 5.92. The van der Waals surface area contributed by atoms with Gasteiger partial charge < -0.3 is 4.74 Å². The van der Waals surface area contributed by atoms with Gasteiger partial charge in [0.15, 0.2) is 0 Å². The summed E-state index contributed by atoms with van der Waals surface area (Å²) in [7, 11) is 0.744. The van der Waals surface area contributed by atoms with Crippen LogP contribution in [0, 0.1) is 0 Å². The van der Waals surface area contributed by atoms with Crippen LogP contribution in [0.5, 0.6) is 0 Å². The zero-order valence-corrected chi connectivity index (χ0v) is 12.7. The molecule has 12 heteroatoms. The highest BCUT2D eigenvalue weighted by Crippen LogP contribution is 2.58. The summed E-state index contributed by atoms with van der Waals surface area (Å²) in [6.45, 7) is 0. The van der Waals surface area contributed by atoms with Gasteiger partial charge in [-0.05, 0) is 5.56 Å². The van der Waals surface area contributed by atoms with Crippen LogP contribution in [0.15, 0.2) is 30.3 Å². The van der Waals surface area contributed by atoms with Gasteiger partial charge >= 0.3 is 29.9 Å². The number of rotatable bonds is 7. The molecule has 0 fully saturated rings. The zero-order chi connectivity index (χ0) is 20.6. The Morgan fingerprint density at radius 2 is 1.19 bits per heavy atom. The first kappa shape index (κ1) is 22.5. The summed E-state index contributed by atoms with van der Waals surface area (Å²) in [4.78, 5) is 0. The van der Waals surface area contributed by atoms with Crippen molar-refractivity contribution < 1.29 is 53.0 Å². The van der Waals surface area contributed by atoms with Crippen LogP contribution in [-0.2, 0) is 4.74 Å². The third kappa shape index (κ3) is 3.60. The Labute approximate surface area is 139 Å². The summed E-state index contributed by atoms with van der Waals surface area (Å²) in [6.07, 6.45) is -11.4. The maximum atomic E-state index is 13.7. The number of halogens is 11. The molecule has 0 amide bonds. The lowest BCUT2D eigenvalue weighted by atomic mass is 9.92. The molecule has 1 unspecified atom stereocenters. The van der Waals surface area contributed by atoms with Crippen LogP contribution in [0.25, 0.3) is 0 Å². The minimum atomic E-state index is -7.41. The molecule has 150 valence electrons. The summed E-state index contributed by atoms with van der Waals surface area (Å²) < 4.78 is 147. The third-order valence-corrected chi connectivity index (χ3v) is 3.50. The van der Waals surface area contributed by atoms with Gasteiger partial charge in [-0.2, -0.15) is 48.3 Å². The standard InChI is InChI=1S/C14H11F11O/c1-26-9(8-5-3-2-4-6-8)7-10(15,16)11(17,18)12(19,20)13(21,22)14(23,24)25/h2-6,9H,7H2,1H3. The average molecular weight is 404 g/mol. The molecule has 0 heterocycles. The number of benzene rings is 1. The second kappa shape index (κ2) is 6.86. The van der Waals surface area contributed by atoms with Crippen molar-refractivity contribution in [1.82, 2.24) is 0 Å². The summed E-state index contributed by atoms with van der Waals surface area (Å²) in [5.41, 5.74) is -0.198. The number of alkyl halides is 11. The van der Waals surface area contributed by atoms with Gasteiger partial charge in [-0.25, -0.2) is 0 Å². The molecule has 0 saturated heterocycles. The first-order valence-corrected chi connectivity index (χ1v) is 6.68. The van der Waals surface area contributed by atoms with Crippen molar-refractivity contribution >= 4 is 0 Å². The summed E-state index contributed by atoms with van der Waals surface area (Å²) >= 11 is 0. The molecule has 0 spiro atoms. The lowest BCUT2D eigenvalue weighted by Crippen LogP contribution is -2.66. The van der Waals surface area contributed by atoms with E-state index in [1.807, 2.05) is 0 Å². The highest BCUT2D eigenvalue weighted by atomic mass is 19.4. The number of ether oxygens (including phenoxy) is 1. The highest BCUT2D eigenvalue weighted by molar-refractivity contribution is 5.19. The van der Waals surface area contributed by atoms with Gasteiger partial charge in [-0.1, -0.05) is 30.3 Å². The minimum Gasteiger partial charge on any atom is -0.377 e. The Bertz CT molecular complexity index is 595. The smallest absolute Gasteiger partial charge is 0.377 e. The molecular weight excluding hydrogens is 393 g/mol. The van der Waals surface area contributed by atoms with Crippen molar-refractivity contribution in [1.29, 1.82) is 0 Å². The van der Waals surface area contributed by atoms with Crippen LogP contribution in [0.2, 0.25) is 0 Å². The van der Waals surface area contributed by atoms with Crippen LogP contribution >= 0.6 is 0 Å². The SMILES string of the molecule is COC(CC(F)(F)C(F)(F)C(F)(F)C(F)(F)C(F)(F)F)c1ccccc1. The summed E-state index contributed by atoms with van der Waals surface area (Å²) in [5.74, 6) is -27.8. The molecule has 0 aliphatic rings. The van der Waals surface area contributed by atoms with Crippen LogP contribution in [0.4, 0.5) is 48.3 Å². The predicted octanol–water partition coefficient (Wildman–Crippen LogP) is 5.87. The van der Waals surface area contributed by atoms with Crippen molar-refractivity contribution in [3.05, 3.63) is 35.9 Å². The van der Waals surface area contributed by atoms with Gasteiger partial charge in [-0.15, -0.1) is 0 Å². The zero-order valence-electron chi connectivity index (χ0n) is 12.7. The van der Waals surface area contributed by atoms with Crippen molar-refractivity contribution in [3.8, 4) is 0 Å². The van der Waals surface area contributed by atoms with Gasteiger partial charge in [-0.3, -0.25) is 0 Å². The molecule has 1 aromatic rings. The molecule has 0 radical (unpaired) electrons. The van der Waals surface area contributed by atoms with Crippen LogP contribution in [0.3, 0.4) is 0 Å². The molecule has 0 aromatic heterocycles. The molecule has 0 aliphatic heterocycles. The van der Waals surface area contributed by atoms with Crippen molar-refractivity contribution in [2.45, 2.75) is 42.4 Å². The van der Waals surface area contributed by atoms with E-state index in [2.05, 4.69) is 4.74 Å². The predicted molar refractivity (Wildman–Crippen MR) is 66.7 cm³/mol. The van der Waals surface area contributed by atoms with E-state index >= 15 is 0 Å². The second-order valence-corrected chi connectivity index (χ2v) is 5.26. The van der Waals surface area contributed by atoms with Gasteiger partial charge in [0.05, 0.1) is 6.10 Å². The van der Waals surface area contributed by atoms with Crippen LogP contribution in [-0.4, -0.2) is 37.0 Å². The Morgan fingerprint density at radius 1 is 0.731 bits per heavy atom. The quantitative estimate of drug-likeness (QED) is 0.517. The van der Waals surface area contributed by atoms with Crippen molar-refractivity contribution in [2.24, 2.45) is 0 Å². The maximum Gasteiger partial charge on any atom is 0.460 e. The molecular formula is C14H11F11O. The van der Waals surface area contributed by atoms with E-state index in [1.165, 1.54) is 18.2 Å². The highest BCUT2D eigenvalue weighted by Gasteiger charge is 2.87. The fraction of sp³-hybridized carbons (Fsp3) is 0.571. The number of hydrogen-bond donors (Lipinski definition) is 0. The van der Waals surface area contributed by atoms with E-state index in [1.54, 1.807) is 0 Å². The second-order valence-electron chi connectivity index (χ2n) is 5.26. The van der Waals surface area contributed by atoms with E-state index < -0.39 is 42.4 Å². The Hall–Kier alpha value is -1.59. The molecule has 0 bridgehead atoms. The normalized spacial score (nSPS) is 15.8. The molecule has 1 atom stereocenters. The molecule has 0 N–H and O–H groups in total. The largest absolute Gasteiger partial charge is 0.460 e. The van der Waals surface area contributed by atoms with E-state index in [0.29, 0.717) is 0 Å². The maximum absolute atomic E-state index is 13.7. The monoisotopic (exact) mass is 404 g/mol. The van der Waals surface area contributed by atoms with E-state index in [9.17, 15) is 48.3 Å². The lowest BCUT2D eigenvalue weighted by Gasteiger charge is -2.38. The Balaban J connectivity index is 3.27. The van der Waals surface area contributed by atoms with Crippen LogP contribution in [0.1, 0.15) is 18.1 Å². The third-order valence-electron chi connectivity index (χ3n) is 3.50. The molecule has 1 aromatic carbocycles. The molecule has 1 rings (SSSR count). The first-order valence-electron chi connectivity index (χ1n) is 6.68. The summed E-state index contributed by atoms with van der Waals surface area (Å²) in [5, 5.41) is 0. The summed E-state index contributed by atoms with van der Waals surface area (Å²) in [6, 6.07) is 6.07. The Morgan fingerprint density at radius 3 is 1.58 bits per heavy atom. The fourth-order valence-corrected chi connectivity index (χ4v) is 1.97. The van der Waals surface area contributed by atoms with Gasteiger partial charge in [0.1, 0.15) is 0 Å². The molecule has 0 aliphatic carbocycles. The van der Waals surface area contributed by atoms with Crippen LogP contribution < -0.4 is 0 Å². The lowest BCUT2D eigenvalue weighted by molar-refractivity contribution is -0.423. The average Bonchev–Trinajstić information content (AvgIpc) is 2.51. The number of methoxy groups -OCH3 is 1. The van der Waals surface area contributed by atoms with Gasteiger partial charge in [0.25, 0.3) is 0 Å². The minimum absolute atomic E-state index is 0.198. The van der Waals surface area contributed by atoms with Crippen molar-refractivity contribution in [3.63, 3.8) is 0 Å². The molecule has 0 saturated carbocycles. The fourth-order valence-electron chi connectivity index (χ4n) is 1.97. The van der Waals surface area contributed by atoms with E-state index in [4.69, 9.17) is 0 Å². The molecule has 1 nitrogen and oxygen atoms in total. The molecule has 26 heavy (non-hydrogen) atoms. The van der Waals surface area contributed by atoms with E-state index in [-0.39, 0.29) is 5.56 Å². The topological polar surface area (TPSA) is 9.23 Å².